The minimum atomic E-state index is -4.27. The molecule has 1 aliphatic heterocycles. The van der Waals surface area contributed by atoms with Crippen LogP contribution in [0.1, 0.15) is 12.5 Å². The van der Waals surface area contributed by atoms with E-state index in [9.17, 15) is 17.8 Å². The van der Waals surface area contributed by atoms with Crippen LogP contribution in [0.5, 0.6) is 0 Å². The third-order valence-electron chi connectivity index (χ3n) is 2.48. The summed E-state index contributed by atoms with van der Waals surface area (Å²) in [5.41, 5.74) is 4.46. The molecule has 0 spiro atoms. The number of hydrogen-bond acceptors (Lipinski definition) is 5. The molecule has 0 bridgehead atoms. The van der Waals surface area contributed by atoms with E-state index in [1.165, 1.54) is 12.1 Å². The first kappa shape index (κ1) is 14.6. The van der Waals surface area contributed by atoms with Gasteiger partial charge in [0.15, 0.2) is 6.10 Å². The van der Waals surface area contributed by atoms with E-state index < -0.39 is 10.1 Å². The van der Waals surface area contributed by atoms with Crippen LogP contribution in [0.25, 0.3) is 0 Å². The van der Waals surface area contributed by atoms with Crippen LogP contribution in [-0.2, 0) is 19.6 Å². The van der Waals surface area contributed by atoms with Crippen molar-refractivity contribution in [2.75, 3.05) is 0 Å². The minimum Gasteiger partial charge on any atom is -0.744 e. The molecule has 1 heterocycles. The van der Waals surface area contributed by atoms with Crippen molar-refractivity contribution < 1.29 is 28.2 Å². The lowest BCUT2D eigenvalue weighted by Crippen LogP contribution is -2.76. The number of benzene rings is 1. The number of rotatable bonds is 1. The quantitative estimate of drug-likeness (QED) is 0.544. The normalized spacial score (nSPS) is 22.3. The molecule has 0 aliphatic carbocycles. The van der Waals surface area contributed by atoms with Crippen LogP contribution in [0.3, 0.4) is 0 Å². The predicted octanol–water partition coefficient (Wildman–Crippen LogP) is -0.559. The molecule has 1 aliphatic rings. The third kappa shape index (κ3) is 3.80. The highest BCUT2D eigenvalue weighted by molar-refractivity contribution is 7.85. The third-order valence-corrected chi connectivity index (χ3v) is 3.33. The van der Waals surface area contributed by atoms with Gasteiger partial charge in [0, 0.05) is 0 Å². The summed E-state index contributed by atoms with van der Waals surface area (Å²) in [5, 5.41) is 0. The van der Waals surface area contributed by atoms with E-state index in [-0.39, 0.29) is 23.0 Å². The fourth-order valence-electron chi connectivity index (χ4n) is 1.18. The second-order valence-corrected chi connectivity index (χ2v) is 5.40. The standard InChI is InChI=1S/C7H8O3S.C4H7NO2/c1-6-2-4-7(5-3-6)11(8,9)10;1-2-3(5)4(6)7-2/h2-5H,1H3,(H,8,9,10);2-3H,5H2,1H3/t;2-,3+/m.1/s1. The van der Waals surface area contributed by atoms with E-state index in [1.807, 2.05) is 13.8 Å². The van der Waals surface area contributed by atoms with Gasteiger partial charge in [0.1, 0.15) is 10.1 Å². The fraction of sp³-hybridized carbons (Fsp3) is 0.364. The molecule has 0 unspecified atom stereocenters. The zero-order valence-electron chi connectivity index (χ0n) is 10.1. The lowest BCUT2D eigenvalue weighted by atomic mass is 10.1. The number of carbonyl (C=O) groups excluding carboxylic acids is 1. The maximum Gasteiger partial charge on any atom is 0.369 e. The Morgan fingerprint density at radius 1 is 1.28 bits per heavy atom. The van der Waals surface area contributed by atoms with Gasteiger partial charge in [0.05, 0.1) is 4.90 Å². The van der Waals surface area contributed by atoms with Gasteiger partial charge in [-0.1, -0.05) is 17.7 Å². The highest BCUT2D eigenvalue weighted by Crippen LogP contribution is 2.08. The smallest absolute Gasteiger partial charge is 0.369 e. The van der Waals surface area contributed by atoms with Crippen molar-refractivity contribution in [2.24, 2.45) is 0 Å². The molecule has 2 atom stereocenters. The average Bonchev–Trinajstić information content (AvgIpc) is 2.29. The Labute approximate surface area is 105 Å². The minimum absolute atomic E-state index is 0.0486. The molecular weight excluding hydrogens is 258 g/mol. The first-order chi connectivity index (χ1) is 8.21. The van der Waals surface area contributed by atoms with E-state index in [1.54, 1.807) is 12.1 Å². The molecule has 0 radical (unpaired) electrons. The molecule has 1 fully saturated rings. The molecule has 3 N–H and O–H groups in total. The first-order valence-electron chi connectivity index (χ1n) is 5.28. The molecule has 18 heavy (non-hydrogen) atoms. The SMILES string of the molecule is C[C@H]1OC(=O)[C@H]1[NH3+].Cc1ccc(S(=O)(=O)[O-])cc1. The van der Waals surface area contributed by atoms with Gasteiger partial charge < -0.3 is 15.0 Å². The molecular formula is C11H15NO5S. The fourth-order valence-corrected chi connectivity index (χ4v) is 1.65. The maximum absolute atomic E-state index is 10.4. The van der Waals surface area contributed by atoms with Crippen LogP contribution in [0.4, 0.5) is 0 Å². The molecule has 1 saturated heterocycles. The highest BCUT2D eigenvalue weighted by atomic mass is 32.2. The van der Waals surface area contributed by atoms with Gasteiger partial charge in [-0.3, -0.25) is 0 Å². The van der Waals surface area contributed by atoms with Crippen molar-refractivity contribution in [1.82, 2.24) is 0 Å². The Morgan fingerprint density at radius 2 is 1.78 bits per heavy atom. The van der Waals surface area contributed by atoms with Crippen molar-refractivity contribution in [3.63, 3.8) is 0 Å². The van der Waals surface area contributed by atoms with Gasteiger partial charge in [-0.25, -0.2) is 13.2 Å². The second kappa shape index (κ2) is 5.47. The summed E-state index contributed by atoms with van der Waals surface area (Å²) in [4.78, 5) is 9.98. The van der Waals surface area contributed by atoms with Crippen LogP contribution in [0.2, 0.25) is 0 Å². The van der Waals surface area contributed by atoms with Gasteiger partial charge in [-0.2, -0.15) is 0 Å². The molecule has 100 valence electrons. The summed E-state index contributed by atoms with van der Waals surface area (Å²) < 4.78 is 35.7. The van der Waals surface area contributed by atoms with E-state index in [4.69, 9.17) is 0 Å². The molecule has 1 aromatic carbocycles. The highest BCUT2D eigenvalue weighted by Gasteiger charge is 2.39. The van der Waals surface area contributed by atoms with Crippen LogP contribution >= 0.6 is 0 Å². The Morgan fingerprint density at radius 3 is 2.00 bits per heavy atom. The Balaban J connectivity index is 0.000000199. The molecule has 7 heteroatoms. The van der Waals surface area contributed by atoms with Crippen molar-refractivity contribution in [1.29, 1.82) is 0 Å². The monoisotopic (exact) mass is 273 g/mol. The lowest BCUT2D eigenvalue weighted by Gasteiger charge is -2.25. The van der Waals surface area contributed by atoms with E-state index >= 15 is 0 Å². The summed E-state index contributed by atoms with van der Waals surface area (Å²) in [6.07, 6.45) is 0.0486. The van der Waals surface area contributed by atoms with Crippen LogP contribution in [-0.4, -0.2) is 31.1 Å². The first-order valence-corrected chi connectivity index (χ1v) is 6.69. The van der Waals surface area contributed by atoms with Gasteiger partial charge in [-0.15, -0.1) is 0 Å². The average molecular weight is 273 g/mol. The number of cyclic esters (lactones) is 1. The van der Waals surface area contributed by atoms with Gasteiger partial charge in [0.2, 0.25) is 6.04 Å². The predicted molar refractivity (Wildman–Crippen MR) is 61.4 cm³/mol. The number of quaternary nitrogens is 1. The second-order valence-electron chi connectivity index (χ2n) is 4.02. The van der Waals surface area contributed by atoms with Gasteiger partial charge >= 0.3 is 5.97 Å². The zero-order chi connectivity index (χ0) is 13.9. The summed E-state index contributed by atoms with van der Waals surface area (Å²) in [6.45, 7) is 3.65. The largest absolute Gasteiger partial charge is 0.744 e. The molecule has 1 aromatic rings. The molecule has 2 rings (SSSR count). The lowest BCUT2D eigenvalue weighted by molar-refractivity contribution is -0.447. The zero-order valence-corrected chi connectivity index (χ0v) is 10.9. The Bertz CT molecular complexity index is 523. The topological polar surface area (TPSA) is 111 Å². The summed E-state index contributed by atoms with van der Waals surface area (Å²) in [5.74, 6) is -0.174. The van der Waals surface area contributed by atoms with E-state index in [0.29, 0.717) is 0 Å². The van der Waals surface area contributed by atoms with Crippen molar-refractivity contribution >= 4 is 16.1 Å². The number of aryl methyl sites for hydroxylation is 1. The Kier molecular flexibility index (Phi) is 4.44. The van der Waals surface area contributed by atoms with Crippen molar-refractivity contribution in [3.05, 3.63) is 29.8 Å². The number of ether oxygens (including phenoxy) is 1. The van der Waals surface area contributed by atoms with Crippen molar-refractivity contribution in [3.8, 4) is 0 Å². The number of esters is 1. The molecule has 0 saturated carbocycles. The molecule has 0 amide bonds. The Hall–Kier alpha value is -1.44. The van der Waals surface area contributed by atoms with Crippen LogP contribution in [0.15, 0.2) is 29.2 Å². The van der Waals surface area contributed by atoms with E-state index in [0.717, 1.165) is 5.56 Å². The van der Waals surface area contributed by atoms with Crippen molar-refractivity contribution in [2.45, 2.75) is 30.9 Å². The van der Waals surface area contributed by atoms with E-state index in [2.05, 4.69) is 10.5 Å². The number of carbonyl (C=O) groups is 1. The summed E-state index contributed by atoms with van der Waals surface area (Å²) in [6, 6.07) is 5.67. The van der Waals surface area contributed by atoms with Gasteiger partial charge in [0.25, 0.3) is 0 Å². The summed E-state index contributed by atoms with van der Waals surface area (Å²) in [7, 11) is -4.27. The number of hydrogen-bond donors (Lipinski definition) is 1. The van der Waals surface area contributed by atoms with Crippen LogP contribution in [0, 0.1) is 6.92 Å². The maximum atomic E-state index is 10.4. The summed E-state index contributed by atoms with van der Waals surface area (Å²) >= 11 is 0. The molecule has 0 aromatic heterocycles. The van der Waals surface area contributed by atoms with Crippen LogP contribution < -0.4 is 5.73 Å². The van der Waals surface area contributed by atoms with Gasteiger partial charge in [-0.05, 0) is 26.0 Å². The molecule has 6 nitrogen and oxygen atoms in total.